The molecule has 2 bridgehead atoms. The Labute approximate surface area is 259 Å². The summed E-state index contributed by atoms with van der Waals surface area (Å²) in [7, 11) is -1.55. The fraction of sp³-hybridized carbons (Fsp3) is 0.268. The van der Waals surface area contributed by atoms with Crippen molar-refractivity contribution in [1.29, 1.82) is 0 Å². The van der Waals surface area contributed by atoms with Crippen LogP contribution >= 0.6 is 0 Å². The molecule has 44 heavy (non-hydrogen) atoms. The zero-order valence-corrected chi connectivity index (χ0v) is 25.4. The highest BCUT2D eigenvalue weighted by atomic mass is 16.4. The minimum absolute atomic E-state index is 0.0112. The van der Waals surface area contributed by atoms with E-state index in [-0.39, 0.29) is 5.41 Å². The van der Waals surface area contributed by atoms with Gasteiger partial charge in [0.05, 0.1) is 0 Å². The van der Waals surface area contributed by atoms with E-state index in [4.69, 9.17) is 0 Å². The molecule has 2 fully saturated rings. The molecule has 0 aromatic heterocycles. The van der Waals surface area contributed by atoms with E-state index in [1.54, 1.807) is 5.56 Å². The van der Waals surface area contributed by atoms with Crippen molar-refractivity contribution >= 4 is 44.9 Å². The minimum Gasteiger partial charge on any atom is -0.423 e. The molecule has 6 aromatic rings. The van der Waals surface area contributed by atoms with Gasteiger partial charge in [-0.15, -0.1) is 0 Å². The van der Waals surface area contributed by atoms with Gasteiger partial charge in [-0.25, -0.2) is 0 Å². The first kappa shape index (κ1) is 26.5. The fourth-order valence-electron chi connectivity index (χ4n) is 10.4. The zero-order chi connectivity index (χ0) is 29.7. The SMILES string of the molecule is CC1CC2CC(C)C3(c4cc(-c5c6ccccc6c(B(O)O)c6ccccc56)ccc4-c4c3ccc3ccccc43)C(C1)C2. The van der Waals surface area contributed by atoms with Crippen molar-refractivity contribution in [3.05, 3.63) is 114 Å². The largest absolute Gasteiger partial charge is 0.489 e. The van der Waals surface area contributed by atoms with Gasteiger partial charge in [0.1, 0.15) is 0 Å². The molecule has 2 saturated carbocycles. The van der Waals surface area contributed by atoms with Gasteiger partial charge in [0, 0.05) is 5.41 Å². The van der Waals surface area contributed by atoms with Crippen LogP contribution in [-0.4, -0.2) is 17.2 Å². The average molecular weight is 573 g/mol. The quantitative estimate of drug-likeness (QED) is 0.161. The molecule has 0 radical (unpaired) electrons. The molecule has 6 aromatic carbocycles. The van der Waals surface area contributed by atoms with Crippen molar-refractivity contribution < 1.29 is 10.0 Å². The summed E-state index contributed by atoms with van der Waals surface area (Å²) in [6, 6.07) is 37.5. The monoisotopic (exact) mass is 572 g/mol. The molecule has 2 nitrogen and oxygen atoms in total. The van der Waals surface area contributed by atoms with Gasteiger partial charge in [-0.1, -0.05) is 111 Å². The maximum Gasteiger partial charge on any atom is 0.489 e. The van der Waals surface area contributed by atoms with Crippen LogP contribution in [0.5, 0.6) is 0 Å². The minimum atomic E-state index is -1.55. The maximum atomic E-state index is 10.6. The van der Waals surface area contributed by atoms with Gasteiger partial charge in [0.2, 0.25) is 0 Å². The Balaban J connectivity index is 1.38. The molecular formula is C41H37BO2. The van der Waals surface area contributed by atoms with Crippen LogP contribution in [0.3, 0.4) is 0 Å². The van der Waals surface area contributed by atoms with Crippen LogP contribution < -0.4 is 5.46 Å². The van der Waals surface area contributed by atoms with Gasteiger partial charge in [-0.05, 0) is 127 Å². The molecule has 3 aliphatic rings. The third-order valence-electron chi connectivity index (χ3n) is 11.8. The lowest BCUT2D eigenvalue weighted by atomic mass is 9.49. The van der Waals surface area contributed by atoms with E-state index in [2.05, 4.69) is 92.7 Å². The van der Waals surface area contributed by atoms with Gasteiger partial charge in [0.15, 0.2) is 0 Å². The molecular weight excluding hydrogens is 535 g/mol. The van der Waals surface area contributed by atoms with E-state index in [1.807, 2.05) is 24.3 Å². The van der Waals surface area contributed by atoms with E-state index >= 15 is 0 Å². The second kappa shape index (κ2) is 9.54. The standard InChI is InChI=1S/C41H37BO2/c1-24-19-26-21-25(2)41(29(20-24)22-26)36-18-16-27-9-3-4-10-30(27)39(36)35-17-15-28(23-37(35)41)38-31-11-5-7-13-33(31)40(42(43)44)34-14-8-6-12-32(34)38/h3-18,23-26,29,43-44H,19-22H2,1-2H3. The summed E-state index contributed by atoms with van der Waals surface area (Å²) in [4.78, 5) is 0. The number of hydrogen-bond acceptors (Lipinski definition) is 2. The average Bonchev–Trinajstić information content (AvgIpc) is 3.33. The van der Waals surface area contributed by atoms with Crippen LogP contribution in [0.25, 0.3) is 54.6 Å². The van der Waals surface area contributed by atoms with Gasteiger partial charge >= 0.3 is 7.12 Å². The van der Waals surface area contributed by atoms with Crippen LogP contribution in [0, 0.1) is 23.7 Å². The topological polar surface area (TPSA) is 40.5 Å². The third-order valence-corrected chi connectivity index (χ3v) is 11.8. The summed E-state index contributed by atoms with van der Waals surface area (Å²) in [5.41, 5.74) is 8.86. The Morgan fingerprint density at radius 1 is 0.614 bits per heavy atom. The first-order valence-corrected chi connectivity index (χ1v) is 16.4. The molecule has 216 valence electrons. The lowest BCUT2D eigenvalue weighted by Gasteiger charge is -2.54. The lowest BCUT2D eigenvalue weighted by Crippen LogP contribution is -2.49. The smallest absolute Gasteiger partial charge is 0.423 e. The second-order valence-electron chi connectivity index (χ2n) is 14.1. The predicted octanol–water partition coefficient (Wildman–Crippen LogP) is 8.85. The van der Waals surface area contributed by atoms with Crippen molar-refractivity contribution in [1.82, 2.24) is 0 Å². The number of rotatable bonds is 2. The Bertz CT molecular complexity index is 2070. The summed E-state index contributed by atoms with van der Waals surface area (Å²) < 4.78 is 0. The van der Waals surface area contributed by atoms with Crippen molar-refractivity contribution in [3.63, 3.8) is 0 Å². The summed E-state index contributed by atoms with van der Waals surface area (Å²) in [6.45, 7) is 5.02. The Morgan fingerprint density at radius 3 is 1.98 bits per heavy atom. The van der Waals surface area contributed by atoms with E-state index in [1.165, 1.54) is 64.3 Å². The first-order chi connectivity index (χ1) is 21.5. The van der Waals surface area contributed by atoms with E-state index in [0.29, 0.717) is 17.3 Å². The molecule has 5 atom stereocenters. The van der Waals surface area contributed by atoms with Crippen molar-refractivity contribution in [2.24, 2.45) is 23.7 Å². The molecule has 0 aliphatic heterocycles. The number of benzene rings is 6. The van der Waals surface area contributed by atoms with Crippen molar-refractivity contribution in [2.45, 2.75) is 44.9 Å². The van der Waals surface area contributed by atoms with Gasteiger partial charge in [0.25, 0.3) is 0 Å². The summed E-state index contributed by atoms with van der Waals surface area (Å²) in [6.07, 6.45) is 5.26. The fourth-order valence-corrected chi connectivity index (χ4v) is 10.4. The molecule has 0 heterocycles. The summed E-state index contributed by atoms with van der Waals surface area (Å²) in [5.74, 6) is 2.75. The van der Waals surface area contributed by atoms with Crippen molar-refractivity contribution in [2.75, 3.05) is 0 Å². The summed E-state index contributed by atoms with van der Waals surface area (Å²) in [5, 5.41) is 27.7. The lowest BCUT2D eigenvalue weighted by molar-refractivity contribution is 0.0426. The highest BCUT2D eigenvalue weighted by Gasteiger charge is 2.56. The molecule has 5 unspecified atom stereocenters. The Hall–Kier alpha value is -3.92. The first-order valence-electron chi connectivity index (χ1n) is 16.4. The highest BCUT2D eigenvalue weighted by molar-refractivity contribution is 6.66. The maximum absolute atomic E-state index is 10.6. The molecule has 2 N–H and O–H groups in total. The molecule has 9 rings (SSSR count). The van der Waals surface area contributed by atoms with Crippen molar-refractivity contribution in [3.8, 4) is 22.3 Å². The number of fused-ring (bicyclic) bond motifs is 12. The van der Waals surface area contributed by atoms with Crippen LogP contribution in [-0.2, 0) is 5.41 Å². The number of hydrogen-bond donors (Lipinski definition) is 2. The Morgan fingerprint density at radius 2 is 1.27 bits per heavy atom. The second-order valence-corrected chi connectivity index (χ2v) is 14.1. The molecule has 3 heteroatoms. The third kappa shape index (κ3) is 3.46. The molecule has 0 saturated heterocycles. The van der Waals surface area contributed by atoms with Gasteiger partial charge in [-0.3, -0.25) is 0 Å². The van der Waals surface area contributed by atoms with Crippen LogP contribution in [0.4, 0.5) is 0 Å². The molecule has 1 spiro atoms. The van der Waals surface area contributed by atoms with E-state index < -0.39 is 7.12 Å². The normalized spacial score (nSPS) is 25.5. The van der Waals surface area contributed by atoms with E-state index in [0.717, 1.165) is 33.4 Å². The molecule has 3 aliphatic carbocycles. The van der Waals surface area contributed by atoms with Gasteiger partial charge < -0.3 is 10.0 Å². The van der Waals surface area contributed by atoms with E-state index in [9.17, 15) is 10.0 Å². The highest BCUT2D eigenvalue weighted by Crippen LogP contribution is 2.65. The van der Waals surface area contributed by atoms with Gasteiger partial charge in [-0.2, -0.15) is 0 Å². The zero-order valence-electron chi connectivity index (χ0n) is 25.4. The molecule has 0 amide bonds. The predicted molar refractivity (Wildman–Crippen MR) is 184 cm³/mol. The summed E-state index contributed by atoms with van der Waals surface area (Å²) >= 11 is 0. The van der Waals surface area contributed by atoms with Crippen LogP contribution in [0.2, 0.25) is 0 Å². The van der Waals surface area contributed by atoms with Crippen LogP contribution in [0.1, 0.15) is 50.7 Å². The Kier molecular flexibility index (Phi) is 5.74. The van der Waals surface area contributed by atoms with Crippen LogP contribution in [0.15, 0.2) is 103 Å².